The molecule has 1 aliphatic heterocycles. The van der Waals surface area contributed by atoms with Crippen LogP contribution in [0.1, 0.15) is 85.6 Å². The summed E-state index contributed by atoms with van der Waals surface area (Å²) >= 11 is 0. The SMILES string of the molecule is C=C(C)[C@@H](C(=O)N[C@H](C(=O)N(C)[C@@H]([C@@H](C)CC)[C@@H](CC(=O)N1CCC[C@H]1[C@H](OC)[C@@H](C)C(=O)NS(=O)(=O)c1ccc(C2(NC(=O)C(F)(F)F)CC2)cc1)OC)C(C)C)N(C)C. The summed E-state index contributed by atoms with van der Waals surface area (Å²) in [7, 11) is 3.53. The summed E-state index contributed by atoms with van der Waals surface area (Å²) in [6, 6.07) is 2.17. The number of carbonyl (C=O) groups excluding carboxylic acids is 5. The normalized spacial score (nSPS) is 19.9. The highest BCUT2D eigenvalue weighted by atomic mass is 32.2. The molecule has 0 spiro atoms. The van der Waals surface area contributed by atoms with E-state index >= 15 is 0 Å². The van der Waals surface area contributed by atoms with Crippen molar-refractivity contribution in [3.8, 4) is 0 Å². The number of sulfonamides is 1. The monoisotopic (exact) mass is 886 g/mol. The molecule has 0 unspecified atom stereocenters. The number of likely N-dealkylation sites (tertiary alicyclic amines) is 1. The van der Waals surface area contributed by atoms with Crippen molar-refractivity contribution in [3.05, 3.63) is 42.0 Å². The predicted molar refractivity (Wildman–Crippen MR) is 222 cm³/mol. The fraction of sp³-hybridized carbons (Fsp3) is 0.690. The smallest absolute Gasteiger partial charge is 0.379 e. The van der Waals surface area contributed by atoms with Gasteiger partial charge in [0, 0.05) is 27.8 Å². The molecular formula is C42H65F3N6O9S. The maximum Gasteiger partial charge on any atom is 0.471 e. The molecular weight excluding hydrogens is 822 g/mol. The zero-order valence-electron chi connectivity index (χ0n) is 37.2. The van der Waals surface area contributed by atoms with E-state index in [9.17, 15) is 45.6 Å². The van der Waals surface area contributed by atoms with Crippen LogP contribution >= 0.6 is 0 Å². The van der Waals surface area contributed by atoms with Crippen molar-refractivity contribution >= 4 is 39.6 Å². The van der Waals surface area contributed by atoms with Gasteiger partial charge in [0.1, 0.15) is 12.1 Å². The van der Waals surface area contributed by atoms with Gasteiger partial charge in [-0.2, -0.15) is 13.2 Å². The number of hydrogen-bond acceptors (Lipinski definition) is 10. The number of likely N-dealkylation sites (N-methyl/N-ethyl adjacent to an activating group) is 2. The van der Waals surface area contributed by atoms with E-state index in [1.54, 1.807) is 42.8 Å². The maximum absolute atomic E-state index is 14.2. The fourth-order valence-corrected chi connectivity index (χ4v) is 9.37. The Hall–Kier alpha value is -4.07. The number of halogens is 3. The number of hydrogen-bond donors (Lipinski definition) is 3. The van der Waals surface area contributed by atoms with E-state index in [0.29, 0.717) is 36.9 Å². The zero-order chi connectivity index (χ0) is 46.4. The summed E-state index contributed by atoms with van der Waals surface area (Å²) in [5.74, 6) is -5.48. The maximum atomic E-state index is 14.2. The number of methoxy groups -OCH3 is 2. The summed E-state index contributed by atoms with van der Waals surface area (Å²) in [5.41, 5.74) is -0.348. The van der Waals surface area contributed by atoms with Crippen molar-refractivity contribution in [1.29, 1.82) is 0 Å². The minimum atomic E-state index is -5.08. The average Bonchev–Trinajstić information content (AvgIpc) is 3.80. The van der Waals surface area contributed by atoms with Gasteiger partial charge in [0.25, 0.3) is 10.0 Å². The van der Waals surface area contributed by atoms with Crippen LogP contribution in [0.4, 0.5) is 13.2 Å². The molecule has 2 fully saturated rings. The van der Waals surface area contributed by atoms with Gasteiger partial charge < -0.3 is 29.9 Å². The van der Waals surface area contributed by atoms with Crippen LogP contribution in [0.5, 0.6) is 0 Å². The molecule has 15 nitrogen and oxygen atoms in total. The minimum absolute atomic E-state index is 0.126. The minimum Gasteiger partial charge on any atom is -0.379 e. The van der Waals surface area contributed by atoms with E-state index in [1.165, 1.54) is 33.3 Å². The molecule has 1 aliphatic carbocycles. The topological polar surface area (TPSA) is 184 Å². The standard InChI is InChI=1S/C42H65F3N6O9S/c1-13-26(6)35(50(10)39(55)33(24(2)3)46-38(54)34(25(4)5)49(8)9)31(59-11)23-32(52)51-22-14-15-30(51)36(60-12)27(7)37(53)48-61(57,58)29-18-16-28(17-19-29)41(20-21-41)47-40(56)42(43,44)45/h16-19,24,26-27,30-31,33-36H,4,13-15,20-23H2,1-3,5-12H3,(H,46,54)(H,47,56)(H,48,53)/t26-,27+,30-,31+,33-,34-,35-,36+/m0/s1. The molecule has 61 heavy (non-hydrogen) atoms. The molecule has 8 atom stereocenters. The van der Waals surface area contributed by atoms with Gasteiger partial charge in [0.15, 0.2) is 0 Å². The molecule has 1 heterocycles. The molecule has 2 aliphatic rings. The van der Waals surface area contributed by atoms with Gasteiger partial charge in [-0.05, 0) is 76.2 Å². The van der Waals surface area contributed by atoms with Gasteiger partial charge in [-0.3, -0.25) is 28.9 Å². The highest BCUT2D eigenvalue weighted by molar-refractivity contribution is 7.90. The Balaban J connectivity index is 1.77. The van der Waals surface area contributed by atoms with E-state index in [0.717, 1.165) is 12.1 Å². The predicted octanol–water partition coefficient (Wildman–Crippen LogP) is 3.73. The fourth-order valence-electron chi connectivity index (χ4n) is 8.31. The molecule has 1 aromatic rings. The summed E-state index contributed by atoms with van der Waals surface area (Å²) < 4.78 is 79.1. The third-order valence-corrected chi connectivity index (χ3v) is 13.4. The van der Waals surface area contributed by atoms with E-state index in [-0.39, 0.29) is 53.7 Å². The molecule has 0 aromatic heterocycles. The lowest BCUT2D eigenvalue weighted by atomic mass is 9.89. The molecule has 1 saturated carbocycles. The summed E-state index contributed by atoms with van der Waals surface area (Å²) in [5, 5.41) is 4.90. The van der Waals surface area contributed by atoms with E-state index in [2.05, 4.69) is 16.6 Å². The largest absolute Gasteiger partial charge is 0.471 e. The first-order valence-corrected chi connectivity index (χ1v) is 22.1. The number of benzene rings is 1. The first-order chi connectivity index (χ1) is 28.3. The molecule has 19 heteroatoms. The van der Waals surface area contributed by atoms with E-state index in [4.69, 9.17) is 9.47 Å². The quantitative estimate of drug-likeness (QED) is 0.154. The number of rotatable bonds is 21. The Kier molecular flexibility index (Phi) is 17.5. The van der Waals surface area contributed by atoms with Crippen LogP contribution in [0, 0.1) is 17.8 Å². The van der Waals surface area contributed by atoms with Crippen LogP contribution in [0.25, 0.3) is 0 Å². The molecule has 3 rings (SSSR count). The highest BCUT2D eigenvalue weighted by Crippen LogP contribution is 2.46. The number of nitrogens with one attached hydrogen (secondary N) is 3. The van der Waals surface area contributed by atoms with Crippen molar-refractivity contribution in [2.45, 2.75) is 133 Å². The molecule has 344 valence electrons. The molecule has 0 bridgehead atoms. The van der Waals surface area contributed by atoms with Crippen molar-refractivity contribution in [2.24, 2.45) is 17.8 Å². The summed E-state index contributed by atoms with van der Waals surface area (Å²) in [4.78, 5) is 71.5. The lowest BCUT2D eigenvalue weighted by molar-refractivity contribution is -0.174. The van der Waals surface area contributed by atoms with Crippen LogP contribution in [-0.2, 0) is 49.0 Å². The zero-order valence-corrected chi connectivity index (χ0v) is 38.0. The summed E-state index contributed by atoms with van der Waals surface area (Å²) in [6.45, 7) is 15.1. The van der Waals surface area contributed by atoms with Gasteiger partial charge in [-0.1, -0.05) is 65.3 Å². The lowest BCUT2D eigenvalue weighted by Gasteiger charge is -2.41. The van der Waals surface area contributed by atoms with Gasteiger partial charge >= 0.3 is 12.1 Å². The highest BCUT2D eigenvalue weighted by Gasteiger charge is 2.51. The third-order valence-electron chi connectivity index (χ3n) is 12.0. The van der Waals surface area contributed by atoms with Gasteiger partial charge in [0.05, 0.1) is 47.1 Å². The number of amides is 5. The van der Waals surface area contributed by atoms with Gasteiger partial charge in [-0.25, -0.2) is 13.1 Å². The van der Waals surface area contributed by atoms with Crippen LogP contribution in [0.15, 0.2) is 41.3 Å². The van der Waals surface area contributed by atoms with Gasteiger partial charge in [-0.15, -0.1) is 0 Å². The molecule has 3 N–H and O–H groups in total. The molecule has 1 aromatic carbocycles. The molecule has 5 amide bonds. The Morgan fingerprint density at radius 3 is 2.03 bits per heavy atom. The van der Waals surface area contributed by atoms with E-state index in [1.807, 2.05) is 33.0 Å². The third kappa shape index (κ3) is 12.3. The number of nitrogens with zero attached hydrogens (tertiary/aromatic N) is 3. The van der Waals surface area contributed by atoms with Crippen molar-refractivity contribution < 1.29 is 55.0 Å². The van der Waals surface area contributed by atoms with Crippen molar-refractivity contribution in [2.75, 3.05) is 41.9 Å². The summed E-state index contributed by atoms with van der Waals surface area (Å²) in [6.07, 6.45) is -4.73. The second kappa shape index (κ2) is 20.9. The molecule has 1 saturated heterocycles. The number of alkyl halides is 3. The average molecular weight is 887 g/mol. The second-order valence-electron chi connectivity index (χ2n) is 17.1. The Bertz CT molecular complexity index is 1860. The van der Waals surface area contributed by atoms with Crippen LogP contribution in [0.3, 0.4) is 0 Å². The Morgan fingerprint density at radius 2 is 1.57 bits per heavy atom. The molecule has 0 radical (unpaired) electrons. The van der Waals surface area contributed by atoms with Crippen molar-refractivity contribution in [3.63, 3.8) is 0 Å². The first kappa shape index (κ1) is 51.3. The first-order valence-electron chi connectivity index (χ1n) is 20.6. The van der Waals surface area contributed by atoms with E-state index < -0.39 is 75.8 Å². The number of carbonyl (C=O) groups is 5. The van der Waals surface area contributed by atoms with Crippen molar-refractivity contribution in [1.82, 2.24) is 30.1 Å². The lowest BCUT2D eigenvalue weighted by Crippen LogP contribution is -2.59. The van der Waals surface area contributed by atoms with Gasteiger partial charge in [0.2, 0.25) is 23.6 Å². The Labute approximate surface area is 358 Å². The second-order valence-corrected chi connectivity index (χ2v) is 18.7. The van der Waals surface area contributed by atoms with Crippen LogP contribution < -0.4 is 15.4 Å². The number of ether oxygens (including phenoxy) is 2. The van der Waals surface area contributed by atoms with Crippen LogP contribution in [-0.4, -0.2) is 137 Å². The Morgan fingerprint density at radius 1 is 0.984 bits per heavy atom. The van der Waals surface area contributed by atoms with Crippen LogP contribution in [0.2, 0.25) is 0 Å².